The van der Waals surface area contributed by atoms with Gasteiger partial charge in [-0.25, -0.2) is 4.79 Å². The van der Waals surface area contributed by atoms with E-state index in [1.54, 1.807) is 5.32 Å². The molecule has 0 aliphatic carbocycles. The van der Waals surface area contributed by atoms with Crippen LogP contribution < -0.4 is 10.6 Å². The standard InChI is InChI=1S/C13H13F3N2O4/c1-7(19)17-9-4-2-8(3-5-9)11(20)18-10(12(21)22)6-13(14,15)16/h2-5,10H,6H2,1H3,(H,17,19)(H,18,20)(H,21,22). The first-order valence-corrected chi connectivity index (χ1v) is 6.06. The molecular formula is C13H13F3N2O4. The number of aliphatic carboxylic acids is 1. The number of rotatable bonds is 5. The lowest BCUT2D eigenvalue weighted by atomic mass is 10.1. The smallest absolute Gasteiger partial charge is 0.391 e. The van der Waals surface area contributed by atoms with E-state index in [0.717, 1.165) is 0 Å². The van der Waals surface area contributed by atoms with Crippen LogP contribution in [0.3, 0.4) is 0 Å². The number of amides is 2. The van der Waals surface area contributed by atoms with Gasteiger partial charge in [0, 0.05) is 18.2 Å². The Bertz CT molecular complexity index is 570. The molecule has 1 aromatic carbocycles. The summed E-state index contributed by atoms with van der Waals surface area (Å²) in [5.41, 5.74) is 0.372. The number of halogens is 3. The average Bonchev–Trinajstić information content (AvgIpc) is 2.36. The number of benzene rings is 1. The van der Waals surface area contributed by atoms with Crippen LogP contribution in [0.5, 0.6) is 0 Å². The minimum Gasteiger partial charge on any atom is -0.480 e. The third kappa shape index (κ3) is 5.81. The summed E-state index contributed by atoms with van der Waals surface area (Å²) in [6, 6.07) is 3.19. The van der Waals surface area contributed by atoms with Crippen LogP contribution in [0.1, 0.15) is 23.7 Å². The number of hydrogen-bond donors (Lipinski definition) is 3. The first-order valence-electron chi connectivity index (χ1n) is 6.06. The summed E-state index contributed by atoms with van der Waals surface area (Å²) in [6.45, 7) is 1.29. The molecule has 2 amide bonds. The third-order valence-electron chi connectivity index (χ3n) is 2.51. The Morgan fingerprint density at radius 3 is 2.14 bits per heavy atom. The zero-order chi connectivity index (χ0) is 16.9. The van der Waals surface area contributed by atoms with Crippen molar-refractivity contribution in [3.05, 3.63) is 29.8 Å². The second-order valence-electron chi connectivity index (χ2n) is 4.44. The summed E-state index contributed by atoms with van der Waals surface area (Å²) in [4.78, 5) is 33.3. The van der Waals surface area contributed by atoms with E-state index in [0.29, 0.717) is 5.69 Å². The molecule has 0 saturated heterocycles. The molecule has 0 radical (unpaired) electrons. The van der Waals surface area contributed by atoms with Crippen LogP contribution in [-0.4, -0.2) is 35.1 Å². The number of carbonyl (C=O) groups excluding carboxylic acids is 2. The van der Waals surface area contributed by atoms with Gasteiger partial charge in [-0.15, -0.1) is 0 Å². The summed E-state index contributed by atoms with van der Waals surface area (Å²) in [6.07, 6.45) is -6.39. The zero-order valence-electron chi connectivity index (χ0n) is 11.4. The van der Waals surface area contributed by atoms with Gasteiger partial charge in [-0.3, -0.25) is 9.59 Å². The lowest BCUT2D eigenvalue weighted by Crippen LogP contribution is -2.43. The van der Waals surface area contributed by atoms with Crippen LogP contribution in [0.15, 0.2) is 24.3 Å². The molecule has 120 valence electrons. The maximum atomic E-state index is 12.2. The Kier molecular flexibility index (Phi) is 5.50. The number of alkyl halides is 3. The van der Waals surface area contributed by atoms with Crippen molar-refractivity contribution < 1.29 is 32.7 Å². The second kappa shape index (κ2) is 6.92. The summed E-state index contributed by atoms with van der Waals surface area (Å²) in [5, 5.41) is 13.0. The monoisotopic (exact) mass is 318 g/mol. The third-order valence-corrected chi connectivity index (χ3v) is 2.51. The quantitative estimate of drug-likeness (QED) is 0.771. The van der Waals surface area contributed by atoms with E-state index in [4.69, 9.17) is 5.11 Å². The predicted octanol–water partition coefficient (Wildman–Crippen LogP) is 1.78. The Labute approximate surface area is 123 Å². The molecule has 0 fully saturated rings. The van der Waals surface area contributed by atoms with E-state index < -0.39 is 30.5 Å². The van der Waals surface area contributed by atoms with E-state index in [1.165, 1.54) is 31.2 Å². The van der Waals surface area contributed by atoms with Crippen molar-refractivity contribution in [1.29, 1.82) is 0 Å². The van der Waals surface area contributed by atoms with Crippen molar-refractivity contribution in [2.75, 3.05) is 5.32 Å². The van der Waals surface area contributed by atoms with Gasteiger partial charge in [-0.2, -0.15) is 13.2 Å². The van der Waals surface area contributed by atoms with Gasteiger partial charge in [0.25, 0.3) is 5.91 Å². The Balaban J connectivity index is 2.77. The lowest BCUT2D eigenvalue weighted by molar-refractivity contribution is -0.157. The first kappa shape index (κ1) is 17.5. The molecule has 0 saturated carbocycles. The van der Waals surface area contributed by atoms with Gasteiger partial charge in [0.15, 0.2) is 0 Å². The van der Waals surface area contributed by atoms with Crippen molar-refractivity contribution in [3.63, 3.8) is 0 Å². The normalized spacial score (nSPS) is 12.4. The second-order valence-corrected chi connectivity index (χ2v) is 4.44. The Morgan fingerprint density at radius 2 is 1.73 bits per heavy atom. The summed E-state index contributed by atoms with van der Waals surface area (Å²) in [5.74, 6) is -3.06. The van der Waals surface area contributed by atoms with Gasteiger partial charge >= 0.3 is 12.1 Å². The summed E-state index contributed by atoms with van der Waals surface area (Å²) in [7, 11) is 0. The van der Waals surface area contributed by atoms with Crippen LogP contribution in [0.4, 0.5) is 18.9 Å². The molecule has 1 aromatic rings. The fraction of sp³-hybridized carbons (Fsp3) is 0.308. The molecule has 0 bridgehead atoms. The Morgan fingerprint density at radius 1 is 1.18 bits per heavy atom. The van der Waals surface area contributed by atoms with Crippen LogP contribution in [-0.2, 0) is 9.59 Å². The highest BCUT2D eigenvalue weighted by Gasteiger charge is 2.36. The molecule has 3 N–H and O–H groups in total. The largest absolute Gasteiger partial charge is 0.480 e. The van der Waals surface area contributed by atoms with Crippen LogP contribution in [0.25, 0.3) is 0 Å². The molecule has 0 spiro atoms. The molecule has 0 aromatic heterocycles. The van der Waals surface area contributed by atoms with E-state index in [2.05, 4.69) is 5.32 Å². The first-order chi connectivity index (χ1) is 10.1. The van der Waals surface area contributed by atoms with Crippen LogP contribution in [0, 0.1) is 0 Å². The number of nitrogens with one attached hydrogen (secondary N) is 2. The van der Waals surface area contributed by atoms with Gasteiger partial charge in [0.1, 0.15) is 6.04 Å². The van der Waals surface area contributed by atoms with Crippen molar-refractivity contribution in [2.24, 2.45) is 0 Å². The molecule has 1 atom stereocenters. The van der Waals surface area contributed by atoms with Gasteiger partial charge in [-0.1, -0.05) is 0 Å². The number of carboxylic acids is 1. The van der Waals surface area contributed by atoms with Gasteiger partial charge < -0.3 is 15.7 Å². The van der Waals surface area contributed by atoms with Crippen molar-refractivity contribution in [2.45, 2.75) is 25.6 Å². The SMILES string of the molecule is CC(=O)Nc1ccc(C(=O)NC(CC(F)(F)F)C(=O)O)cc1. The van der Waals surface area contributed by atoms with E-state index in [9.17, 15) is 27.6 Å². The molecule has 0 aliphatic heterocycles. The van der Waals surface area contributed by atoms with Crippen molar-refractivity contribution in [3.8, 4) is 0 Å². The maximum Gasteiger partial charge on any atom is 0.391 e. The highest BCUT2D eigenvalue weighted by molar-refractivity contribution is 5.97. The molecule has 0 heterocycles. The Hall–Kier alpha value is -2.58. The zero-order valence-corrected chi connectivity index (χ0v) is 11.4. The summed E-state index contributed by atoms with van der Waals surface area (Å²) < 4.78 is 36.7. The highest BCUT2D eigenvalue weighted by atomic mass is 19.4. The minimum atomic E-state index is -4.72. The van der Waals surface area contributed by atoms with Gasteiger partial charge in [0.2, 0.25) is 5.91 Å². The van der Waals surface area contributed by atoms with E-state index in [-0.39, 0.29) is 11.5 Å². The predicted molar refractivity (Wildman–Crippen MR) is 70.3 cm³/mol. The van der Waals surface area contributed by atoms with Gasteiger partial charge in [-0.05, 0) is 24.3 Å². The molecule has 0 aliphatic rings. The van der Waals surface area contributed by atoms with Crippen molar-refractivity contribution >= 4 is 23.5 Å². The molecule has 1 unspecified atom stereocenters. The number of carbonyl (C=O) groups is 3. The van der Waals surface area contributed by atoms with Crippen molar-refractivity contribution in [1.82, 2.24) is 5.32 Å². The van der Waals surface area contributed by atoms with Gasteiger partial charge in [0.05, 0.1) is 6.42 Å². The molecular weight excluding hydrogens is 305 g/mol. The molecule has 1 rings (SSSR count). The van der Waals surface area contributed by atoms with E-state index in [1.807, 2.05) is 0 Å². The minimum absolute atomic E-state index is 0.0254. The molecule has 9 heteroatoms. The highest BCUT2D eigenvalue weighted by Crippen LogP contribution is 2.22. The average molecular weight is 318 g/mol. The summed E-state index contributed by atoms with van der Waals surface area (Å²) >= 11 is 0. The topological polar surface area (TPSA) is 95.5 Å². The van der Waals surface area contributed by atoms with Crippen LogP contribution >= 0.6 is 0 Å². The number of carboxylic acid groups (broad SMARTS) is 1. The number of anilines is 1. The number of hydrogen-bond acceptors (Lipinski definition) is 3. The molecule has 22 heavy (non-hydrogen) atoms. The maximum absolute atomic E-state index is 12.2. The molecule has 6 nitrogen and oxygen atoms in total. The fourth-order valence-electron chi connectivity index (χ4n) is 1.58. The van der Waals surface area contributed by atoms with Crippen LogP contribution in [0.2, 0.25) is 0 Å². The lowest BCUT2D eigenvalue weighted by Gasteiger charge is -2.16. The van der Waals surface area contributed by atoms with E-state index >= 15 is 0 Å². The fourth-order valence-corrected chi connectivity index (χ4v) is 1.58.